The first-order valence-corrected chi connectivity index (χ1v) is 5.90. The van der Waals surface area contributed by atoms with E-state index in [1.54, 1.807) is 13.4 Å². The average molecular weight is 255 g/mol. The molecular formula is C13H13N5O. The summed E-state index contributed by atoms with van der Waals surface area (Å²) in [5, 5.41) is 3.25. The summed E-state index contributed by atoms with van der Waals surface area (Å²) in [5.41, 5.74) is 2.53. The molecule has 6 nitrogen and oxygen atoms in total. The molecule has 2 heterocycles. The van der Waals surface area contributed by atoms with Crippen LogP contribution in [0.3, 0.4) is 0 Å². The van der Waals surface area contributed by atoms with Crippen molar-refractivity contribution in [3.63, 3.8) is 0 Å². The maximum atomic E-state index is 5.07. The summed E-state index contributed by atoms with van der Waals surface area (Å²) >= 11 is 0. The Morgan fingerprint density at radius 2 is 2.05 bits per heavy atom. The Hall–Kier alpha value is -2.63. The predicted molar refractivity (Wildman–Crippen MR) is 72.0 cm³/mol. The van der Waals surface area contributed by atoms with Crippen LogP contribution in [0.1, 0.15) is 5.56 Å². The van der Waals surface area contributed by atoms with Gasteiger partial charge in [-0.05, 0) is 5.56 Å². The van der Waals surface area contributed by atoms with Crippen LogP contribution < -0.4 is 10.1 Å². The van der Waals surface area contributed by atoms with E-state index >= 15 is 0 Å². The summed E-state index contributed by atoms with van der Waals surface area (Å²) < 4.78 is 5.07. The van der Waals surface area contributed by atoms with E-state index in [1.807, 2.05) is 30.3 Å². The van der Waals surface area contributed by atoms with Gasteiger partial charge in [-0.25, -0.2) is 4.98 Å². The lowest BCUT2D eigenvalue weighted by Gasteiger charge is -2.07. The van der Waals surface area contributed by atoms with Gasteiger partial charge < -0.3 is 15.0 Å². The maximum absolute atomic E-state index is 5.07. The Morgan fingerprint density at radius 1 is 1.21 bits per heavy atom. The first kappa shape index (κ1) is 11.5. The standard InChI is InChI=1S/C13H13N5O/c1-19-13-17-11(10-12(18-13)16-8-15-10)14-7-9-5-3-2-4-6-9/h2-6,8H,7H2,1H3,(H2,14,15,16,17,18). The molecule has 0 aliphatic heterocycles. The van der Waals surface area contributed by atoms with E-state index in [0.29, 0.717) is 29.5 Å². The van der Waals surface area contributed by atoms with Crippen LogP contribution in [-0.2, 0) is 6.54 Å². The van der Waals surface area contributed by atoms with Crippen molar-refractivity contribution in [2.75, 3.05) is 12.4 Å². The number of hydrogen-bond acceptors (Lipinski definition) is 5. The zero-order chi connectivity index (χ0) is 13.1. The molecule has 0 aliphatic carbocycles. The monoisotopic (exact) mass is 255 g/mol. The van der Waals surface area contributed by atoms with Crippen LogP contribution in [-0.4, -0.2) is 27.0 Å². The SMILES string of the molecule is COc1nc(NCc2ccccc2)c2nc[nH]c2n1. The number of imidazole rings is 1. The van der Waals surface area contributed by atoms with Crippen molar-refractivity contribution < 1.29 is 4.74 Å². The first-order chi connectivity index (χ1) is 9.36. The highest BCUT2D eigenvalue weighted by atomic mass is 16.5. The lowest BCUT2D eigenvalue weighted by Crippen LogP contribution is -2.04. The van der Waals surface area contributed by atoms with Crippen LogP contribution in [0.25, 0.3) is 11.2 Å². The molecule has 0 saturated carbocycles. The quantitative estimate of drug-likeness (QED) is 0.745. The minimum absolute atomic E-state index is 0.312. The molecule has 19 heavy (non-hydrogen) atoms. The summed E-state index contributed by atoms with van der Waals surface area (Å²) in [6.45, 7) is 0.670. The number of anilines is 1. The van der Waals surface area contributed by atoms with Crippen LogP contribution in [0.15, 0.2) is 36.7 Å². The molecule has 0 saturated heterocycles. The average Bonchev–Trinajstić information content (AvgIpc) is 2.94. The minimum Gasteiger partial charge on any atom is -0.467 e. The number of benzene rings is 1. The second-order valence-corrected chi connectivity index (χ2v) is 4.00. The number of nitrogens with zero attached hydrogens (tertiary/aromatic N) is 3. The van der Waals surface area contributed by atoms with Gasteiger partial charge in [0.1, 0.15) is 5.52 Å². The summed E-state index contributed by atoms with van der Waals surface area (Å²) in [5.74, 6) is 0.659. The van der Waals surface area contributed by atoms with Gasteiger partial charge in [0, 0.05) is 6.54 Å². The third-order valence-electron chi connectivity index (χ3n) is 2.74. The summed E-state index contributed by atoms with van der Waals surface area (Å²) in [4.78, 5) is 15.6. The van der Waals surface area contributed by atoms with Crippen molar-refractivity contribution in [1.29, 1.82) is 0 Å². The van der Waals surface area contributed by atoms with Gasteiger partial charge in [-0.15, -0.1) is 0 Å². The number of H-pyrrole nitrogens is 1. The number of aromatic nitrogens is 4. The molecule has 3 aromatic rings. The molecule has 6 heteroatoms. The van der Waals surface area contributed by atoms with E-state index < -0.39 is 0 Å². The van der Waals surface area contributed by atoms with Gasteiger partial charge in [0.05, 0.1) is 13.4 Å². The van der Waals surface area contributed by atoms with E-state index in [4.69, 9.17) is 4.74 Å². The summed E-state index contributed by atoms with van der Waals surface area (Å²) in [6.07, 6.45) is 1.59. The molecule has 0 radical (unpaired) electrons. The lowest BCUT2D eigenvalue weighted by molar-refractivity contribution is 0.382. The van der Waals surface area contributed by atoms with E-state index in [0.717, 1.165) is 0 Å². The van der Waals surface area contributed by atoms with Crippen molar-refractivity contribution >= 4 is 17.0 Å². The van der Waals surface area contributed by atoms with Crippen LogP contribution >= 0.6 is 0 Å². The molecule has 2 aromatic heterocycles. The van der Waals surface area contributed by atoms with Gasteiger partial charge in [0.25, 0.3) is 0 Å². The van der Waals surface area contributed by atoms with E-state index in [-0.39, 0.29) is 0 Å². The summed E-state index contributed by atoms with van der Waals surface area (Å²) in [7, 11) is 1.54. The van der Waals surface area contributed by atoms with Crippen LogP contribution in [0, 0.1) is 0 Å². The minimum atomic E-state index is 0.312. The zero-order valence-electron chi connectivity index (χ0n) is 10.4. The number of methoxy groups -OCH3 is 1. The Balaban J connectivity index is 1.89. The van der Waals surface area contributed by atoms with Crippen molar-refractivity contribution in [3.8, 4) is 6.01 Å². The largest absolute Gasteiger partial charge is 0.467 e. The van der Waals surface area contributed by atoms with Gasteiger partial charge in [0.15, 0.2) is 11.5 Å². The normalized spacial score (nSPS) is 10.6. The Kier molecular flexibility index (Phi) is 2.97. The number of hydrogen-bond donors (Lipinski definition) is 2. The maximum Gasteiger partial charge on any atom is 0.320 e. The summed E-state index contributed by atoms with van der Waals surface area (Å²) in [6, 6.07) is 10.4. The molecule has 0 bridgehead atoms. The van der Waals surface area contributed by atoms with Crippen molar-refractivity contribution in [3.05, 3.63) is 42.2 Å². The topological polar surface area (TPSA) is 75.7 Å². The van der Waals surface area contributed by atoms with Crippen LogP contribution in [0.5, 0.6) is 6.01 Å². The molecule has 0 atom stereocenters. The Labute approximate surface area is 109 Å². The number of ether oxygens (including phenoxy) is 1. The van der Waals surface area contributed by atoms with Crippen LogP contribution in [0.4, 0.5) is 5.82 Å². The van der Waals surface area contributed by atoms with Gasteiger partial charge in [-0.2, -0.15) is 9.97 Å². The molecule has 2 N–H and O–H groups in total. The second kappa shape index (κ2) is 4.93. The molecule has 0 amide bonds. The highest BCUT2D eigenvalue weighted by Gasteiger charge is 2.09. The van der Waals surface area contributed by atoms with Crippen molar-refractivity contribution in [2.24, 2.45) is 0 Å². The van der Waals surface area contributed by atoms with E-state index in [9.17, 15) is 0 Å². The molecular weight excluding hydrogens is 242 g/mol. The Bertz CT molecular complexity index is 680. The number of rotatable bonds is 4. The van der Waals surface area contributed by atoms with E-state index in [1.165, 1.54) is 5.56 Å². The smallest absolute Gasteiger partial charge is 0.320 e. The van der Waals surface area contributed by atoms with Gasteiger partial charge in [-0.3, -0.25) is 0 Å². The van der Waals surface area contributed by atoms with Crippen molar-refractivity contribution in [2.45, 2.75) is 6.54 Å². The Morgan fingerprint density at radius 3 is 2.84 bits per heavy atom. The van der Waals surface area contributed by atoms with Gasteiger partial charge in [0.2, 0.25) is 0 Å². The fourth-order valence-electron chi connectivity index (χ4n) is 1.81. The molecule has 0 spiro atoms. The fraction of sp³-hybridized carbons (Fsp3) is 0.154. The highest BCUT2D eigenvalue weighted by molar-refractivity contribution is 5.82. The van der Waals surface area contributed by atoms with Gasteiger partial charge >= 0.3 is 6.01 Å². The number of nitrogens with one attached hydrogen (secondary N) is 2. The number of aromatic amines is 1. The molecule has 96 valence electrons. The first-order valence-electron chi connectivity index (χ1n) is 5.90. The number of fused-ring (bicyclic) bond motifs is 1. The predicted octanol–water partition coefficient (Wildman–Crippen LogP) is 1.97. The second-order valence-electron chi connectivity index (χ2n) is 4.00. The molecule has 0 unspecified atom stereocenters. The molecule has 0 aliphatic rings. The third-order valence-corrected chi connectivity index (χ3v) is 2.74. The van der Waals surface area contributed by atoms with Crippen LogP contribution in [0.2, 0.25) is 0 Å². The molecule has 1 aromatic carbocycles. The zero-order valence-corrected chi connectivity index (χ0v) is 10.4. The van der Waals surface area contributed by atoms with Gasteiger partial charge in [-0.1, -0.05) is 30.3 Å². The lowest BCUT2D eigenvalue weighted by atomic mass is 10.2. The molecule has 0 fully saturated rings. The molecule has 3 rings (SSSR count). The third kappa shape index (κ3) is 2.33. The fourth-order valence-corrected chi connectivity index (χ4v) is 1.81. The van der Waals surface area contributed by atoms with Crippen molar-refractivity contribution in [1.82, 2.24) is 19.9 Å². The highest BCUT2D eigenvalue weighted by Crippen LogP contribution is 2.20. The van der Waals surface area contributed by atoms with E-state index in [2.05, 4.69) is 25.3 Å².